The van der Waals surface area contributed by atoms with Crippen molar-refractivity contribution in [1.29, 1.82) is 0 Å². The number of nitrogens with one attached hydrogen (secondary N) is 2. The lowest BCUT2D eigenvalue weighted by Gasteiger charge is -2.30. The number of alkyl halides is 6. The SMILES string of the molecule is CC(C)N1C(=O)C(NC(=O)C(Cc2ccccc2OC(F)(F)F)NC(=O)c2ccc(C(F)(F)F)cc2)CCc2ccccc21. The number of amides is 3. The number of halogens is 6. The molecule has 13 heteroatoms. The van der Waals surface area contributed by atoms with Crippen molar-refractivity contribution in [2.75, 3.05) is 4.90 Å². The number of anilines is 1. The summed E-state index contributed by atoms with van der Waals surface area (Å²) in [5.74, 6) is -2.84. The van der Waals surface area contributed by atoms with E-state index in [0.717, 1.165) is 23.8 Å². The smallest absolute Gasteiger partial charge is 0.406 e. The van der Waals surface area contributed by atoms with Gasteiger partial charge < -0.3 is 20.3 Å². The van der Waals surface area contributed by atoms with E-state index in [9.17, 15) is 40.7 Å². The largest absolute Gasteiger partial charge is 0.573 e. The Balaban J connectivity index is 1.62. The Morgan fingerprint density at radius 1 is 0.932 bits per heavy atom. The molecule has 4 rings (SSSR count). The summed E-state index contributed by atoms with van der Waals surface area (Å²) in [7, 11) is 0. The number of carbonyl (C=O) groups is 3. The molecular weight excluding hydrogens is 592 g/mol. The fourth-order valence-corrected chi connectivity index (χ4v) is 4.98. The maximum absolute atomic E-state index is 13.7. The van der Waals surface area contributed by atoms with Gasteiger partial charge in [-0.05, 0) is 74.2 Å². The van der Waals surface area contributed by atoms with Crippen LogP contribution in [0.3, 0.4) is 0 Å². The summed E-state index contributed by atoms with van der Waals surface area (Å²) >= 11 is 0. The van der Waals surface area contributed by atoms with Gasteiger partial charge in [-0.15, -0.1) is 13.2 Å². The third-order valence-corrected chi connectivity index (χ3v) is 7.04. The average molecular weight is 622 g/mol. The van der Waals surface area contributed by atoms with E-state index in [2.05, 4.69) is 15.4 Å². The van der Waals surface area contributed by atoms with Gasteiger partial charge in [-0.3, -0.25) is 14.4 Å². The van der Waals surface area contributed by atoms with Crippen LogP contribution in [0.2, 0.25) is 0 Å². The van der Waals surface area contributed by atoms with E-state index < -0.39 is 60.1 Å². The van der Waals surface area contributed by atoms with Crippen molar-refractivity contribution in [2.24, 2.45) is 0 Å². The molecular formula is C31H29F6N3O4. The highest BCUT2D eigenvalue weighted by atomic mass is 19.4. The average Bonchev–Trinajstić information content (AvgIpc) is 3.08. The van der Waals surface area contributed by atoms with E-state index >= 15 is 0 Å². The Hall–Kier alpha value is -4.55. The molecule has 44 heavy (non-hydrogen) atoms. The molecule has 3 amide bonds. The summed E-state index contributed by atoms with van der Waals surface area (Å²) in [5, 5.41) is 5.05. The van der Waals surface area contributed by atoms with Crippen LogP contribution in [-0.2, 0) is 28.6 Å². The number of nitrogens with zero attached hydrogens (tertiary/aromatic N) is 1. The highest BCUT2D eigenvalue weighted by molar-refractivity contribution is 6.02. The maximum Gasteiger partial charge on any atom is 0.573 e. The number of ether oxygens (including phenoxy) is 1. The van der Waals surface area contributed by atoms with E-state index in [0.29, 0.717) is 24.2 Å². The minimum Gasteiger partial charge on any atom is -0.406 e. The van der Waals surface area contributed by atoms with Crippen molar-refractivity contribution in [3.63, 3.8) is 0 Å². The van der Waals surface area contributed by atoms with Crippen LogP contribution in [0, 0.1) is 0 Å². The number of benzene rings is 3. The second-order valence-corrected chi connectivity index (χ2v) is 10.5. The molecule has 1 aliphatic rings. The molecule has 3 aromatic carbocycles. The molecule has 1 heterocycles. The third kappa shape index (κ3) is 7.88. The number of para-hydroxylation sites is 2. The zero-order valence-electron chi connectivity index (χ0n) is 23.6. The molecule has 0 fully saturated rings. The van der Waals surface area contributed by atoms with E-state index in [1.165, 1.54) is 18.2 Å². The highest BCUT2D eigenvalue weighted by Crippen LogP contribution is 2.31. The first-order valence-electron chi connectivity index (χ1n) is 13.7. The van der Waals surface area contributed by atoms with Crippen LogP contribution in [-0.4, -0.2) is 42.2 Å². The summed E-state index contributed by atoms with van der Waals surface area (Å²) < 4.78 is 82.3. The minimum absolute atomic E-state index is 0.0823. The molecule has 7 nitrogen and oxygen atoms in total. The van der Waals surface area contributed by atoms with Crippen LogP contribution in [0.4, 0.5) is 32.0 Å². The molecule has 2 unspecified atom stereocenters. The second kappa shape index (κ2) is 13.0. The van der Waals surface area contributed by atoms with Gasteiger partial charge in [0.25, 0.3) is 5.91 Å². The normalized spacial score (nSPS) is 16.2. The van der Waals surface area contributed by atoms with Crippen molar-refractivity contribution in [2.45, 2.75) is 63.8 Å². The van der Waals surface area contributed by atoms with Crippen molar-refractivity contribution in [1.82, 2.24) is 10.6 Å². The van der Waals surface area contributed by atoms with E-state index in [1.54, 1.807) is 17.0 Å². The van der Waals surface area contributed by atoms with Gasteiger partial charge in [0.05, 0.1) is 5.56 Å². The van der Waals surface area contributed by atoms with E-state index in [1.807, 2.05) is 26.0 Å². The molecule has 0 bridgehead atoms. The lowest BCUT2D eigenvalue weighted by molar-refractivity contribution is -0.274. The van der Waals surface area contributed by atoms with Crippen LogP contribution in [0.15, 0.2) is 72.8 Å². The number of carbonyl (C=O) groups excluding carboxylic acids is 3. The lowest BCUT2D eigenvalue weighted by Crippen LogP contribution is -2.55. The molecule has 0 spiro atoms. The van der Waals surface area contributed by atoms with E-state index in [-0.39, 0.29) is 23.6 Å². The summed E-state index contributed by atoms with van der Waals surface area (Å²) in [6.45, 7) is 3.62. The molecule has 2 N–H and O–H groups in total. The first-order chi connectivity index (χ1) is 20.6. The predicted octanol–water partition coefficient (Wildman–Crippen LogP) is 5.82. The molecule has 2 atom stereocenters. The molecule has 0 saturated heterocycles. The first kappa shape index (κ1) is 32.4. The van der Waals surface area contributed by atoms with Gasteiger partial charge in [-0.2, -0.15) is 13.2 Å². The molecule has 234 valence electrons. The molecule has 0 aromatic heterocycles. The highest BCUT2D eigenvalue weighted by Gasteiger charge is 2.36. The van der Waals surface area contributed by atoms with Gasteiger partial charge in [-0.25, -0.2) is 0 Å². The standard InChI is InChI=1S/C31H29F6N3O4/c1-18(2)40-25-9-5-3-7-19(25)13-16-23(29(40)43)38-28(42)24(17-21-8-4-6-10-26(21)44-31(35,36)37)39-27(41)20-11-14-22(15-12-20)30(32,33)34/h3-12,14-15,18,23-24H,13,16-17H2,1-2H3,(H,38,42)(H,39,41). The van der Waals surface area contributed by atoms with Crippen LogP contribution in [0.5, 0.6) is 5.75 Å². The van der Waals surface area contributed by atoms with Crippen molar-refractivity contribution in [3.05, 3.63) is 95.1 Å². The Bertz CT molecular complexity index is 1510. The number of hydrogen-bond acceptors (Lipinski definition) is 4. The Labute approximate surface area is 249 Å². The predicted molar refractivity (Wildman–Crippen MR) is 149 cm³/mol. The maximum atomic E-state index is 13.7. The van der Waals surface area contributed by atoms with Gasteiger partial charge in [-0.1, -0.05) is 36.4 Å². The van der Waals surface area contributed by atoms with Gasteiger partial charge in [0.1, 0.15) is 17.8 Å². The van der Waals surface area contributed by atoms with Gasteiger partial charge in [0, 0.05) is 23.7 Å². The lowest BCUT2D eigenvalue weighted by atomic mass is 10.0. The second-order valence-electron chi connectivity index (χ2n) is 10.5. The summed E-state index contributed by atoms with van der Waals surface area (Å²) in [4.78, 5) is 41.9. The van der Waals surface area contributed by atoms with E-state index in [4.69, 9.17) is 0 Å². The summed E-state index contributed by atoms with van der Waals surface area (Å²) in [6, 6.07) is 12.7. The molecule has 0 saturated carbocycles. The van der Waals surface area contributed by atoms with Crippen molar-refractivity contribution in [3.8, 4) is 5.75 Å². The summed E-state index contributed by atoms with van der Waals surface area (Å²) in [5.41, 5.74) is 0.277. The van der Waals surface area contributed by atoms with Crippen LogP contribution >= 0.6 is 0 Å². The molecule has 1 aliphatic heterocycles. The molecule has 0 aliphatic carbocycles. The minimum atomic E-state index is -5.04. The fourth-order valence-electron chi connectivity index (χ4n) is 4.98. The third-order valence-electron chi connectivity index (χ3n) is 7.04. The first-order valence-corrected chi connectivity index (χ1v) is 13.7. The topological polar surface area (TPSA) is 87.7 Å². The van der Waals surface area contributed by atoms with Gasteiger partial charge in [0.2, 0.25) is 11.8 Å². The monoisotopic (exact) mass is 621 g/mol. The zero-order valence-corrected chi connectivity index (χ0v) is 23.6. The zero-order chi connectivity index (χ0) is 32.2. The van der Waals surface area contributed by atoms with Crippen molar-refractivity contribution < 1.29 is 45.5 Å². The number of aryl methyl sites for hydroxylation is 1. The molecule has 3 aromatic rings. The Kier molecular flexibility index (Phi) is 9.55. The number of hydrogen-bond donors (Lipinski definition) is 2. The molecule has 0 radical (unpaired) electrons. The number of rotatable bonds is 8. The fraction of sp³-hybridized carbons (Fsp3) is 0.323. The number of fused-ring (bicyclic) bond motifs is 1. The Morgan fingerprint density at radius 3 is 2.20 bits per heavy atom. The Morgan fingerprint density at radius 2 is 1.57 bits per heavy atom. The summed E-state index contributed by atoms with van der Waals surface area (Å²) in [6.07, 6.45) is -9.54. The van der Waals surface area contributed by atoms with Gasteiger partial charge >= 0.3 is 12.5 Å². The van der Waals surface area contributed by atoms with Gasteiger partial charge in [0.15, 0.2) is 0 Å². The van der Waals surface area contributed by atoms with Crippen LogP contribution < -0.4 is 20.3 Å². The van der Waals surface area contributed by atoms with Crippen molar-refractivity contribution >= 4 is 23.4 Å². The van der Waals surface area contributed by atoms with Crippen LogP contribution in [0.25, 0.3) is 0 Å². The quantitative estimate of drug-likeness (QED) is 0.311. The van der Waals surface area contributed by atoms with Crippen LogP contribution in [0.1, 0.15) is 47.3 Å².